The molecule has 3 N–H and O–H groups in total. The maximum Gasteiger partial charge on any atom is 0.274 e. The molecule has 0 aliphatic rings. The van der Waals surface area contributed by atoms with Crippen LogP contribution in [0.5, 0.6) is 0 Å². The van der Waals surface area contributed by atoms with Gasteiger partial charge >= 0.3 is 0 Å². The lowest BCUT2D eigenvalue weighted by atomic mass is 10.1. The monoisotopic (exact) mass is 375 g/mol. The first-order chi connectivity index (χ1) is 13.6. The van der Waals surface area contributed by atoms with Crippen LogP contribution in [0.1, 0.15) is 23.0 Å². The molecule has 28 heavy (non-hydrogen) atoms. The van der Waals surface area contributed by atoms with Crippen LogP contribution < -0.4 is 16.0 Å². The molecule has 0 aliphatic carbocycles. The van der Waals surface area contributed by atoms with Crippen molar-refractivity contribution >= 4 is 29.0 Å². The van der Waals surface area contributed by atoms with E-state index >= 15 is 0 Å². The summed E-state index contributed by atoms with van der Waals surface area (Å²) in [4.78, 5) is 31.8. The van der Waals surface area contributed by atoms with E-state index in [0.717, 1.165) is 6.42 Å². The Kier molecular flexibility index (Phi) is 6.30. The number of nitrogens with one attached hydrogen (secondary N) is 3. The highest BCUT2D eigenvalue weighted by Crippen LogP contribution is 2.16. The van der Waals surface area contributed by atoms with Gasteiger partial charge < -0.3 is 16.0 Å². The van der Waals surface area contributed by atoms with Crippen LogP contribution in [-0.2, 0) is 11.2 Å². The SMILES string of the molecule is CC(=O)Nc1cccc(NC(=O)c2cc(NCCc3ccccc3)ncn2)c1. The summed E-state index contributed by atoms with van der Waals surface area (Å²) in [5.41, 5.74) is 2.65. The Labute approximate surface area is 163 Å². The topological polar surface area (TPSA) is 96.0 Å². The predicted molar refractivity (Wildman–Crippen MR) is 109 cm³/mol. The van der Waals surface area contributed by atoms with Crippen molar-refractivity contribution in [2.75, 3.05) is 22.5 Å². The largest absolute Gasteiger partial charge is 0.370 e. The Balaban J connectivity index is 1.60. The molecule has 0 bridgehead atoms. The third-order valence-electron chi connectivity index (χ3n) is 3.90. The molecule has 3 aromatic rings. The average Bonchev–Trinajstić information content (AvgIpc) is 2.69. The number of amides is 2. The van der Waals surface area contributed by atoms with Crippen molar-refractivity contribution in [2.45, 2.75) is 13.3 Å². The summed E-state index contributed by atoms with van der Waals surface area (Å²) in [5, 5.41) is 8.66. The molecule has 0 unspecified atom stereocenters. The van der Waals surface area contributed by atoms with Crippen molar-refractivity contribution in [1.29, 1.82) is 0 Å². The van der Waals surface area contributed by atoms with Crippen LogP contribution in [0.4, 0.5) is 17.2 Å². The number of carbonyl (C=O) groups excluding carboxylic acids is 2. The van der Waals surface area contributed by atoms with Gasteiger partial charge in [0, 0.05) is 30.9 Å². The molecule has 3 rings (SSSR count). The molecule has 0 aliphatic heterocycles. The molecule has 1 heterocycles. The summed E-state index contributed by atoms with van der Waals surface area (Å²) in [6.07, 6.45) is 2.20. The van der Waals surface area contributed by atoms with Crippen LogP contribution in [0.3, 0.4) is 0 Å². The highest BCUT2D eigenvalue weighted by atomic mass is 16.2. The van der Waals surface area contributed by atoms with Gasteiger partial charge in [-0.2, -0.15) is 0 Å². The normalized spacial score (nSPS) is 10.2. The number of benzene rings is 2. The van der Waals surface area contributed by atoms with E-state index in [1.165, 1.54) is 18.8 Å². The standard InChI is InChI=1S/C21H21N5O2/c1-15(27)25-17-8-5-9-18(12-17)26-21(28)19-13-20(24-14-23-19)22-11-10-16-6-3-2-4-7-16/h2-9,12-14H,10-11H2,1H3,(H,25,27)(H,26,28)(H,22,23,24). The molecule has 0 saturated heterocycles. The van der Waals surface area contributed by atoms with Crippen LogP contribution in [0.25, 0.3) is 0 Å². The molecule has 7 nitrogen and oxygen atoms in total. The smallest absolute Gasteiger partial charge is 0.274 e. The highest BCUT2D eigenvalue weighted by molar-refractivity contribution is 6.03. The van der Waals surface area contributed by atoms with E-state index < -0.39 is 0 Å². The van der Waals surface area contributed by atoms with E-state index in [1.54, 1.807) is 30.3 Å². The maximum absolute atomic E-state index is 12.5. The summed E-state index contributed by atoms with van der Waals surface area (Å²) in [6.45, 7) is 2.12. The number of hydrogen-bond donors (Lipinski definition) is 3. The lowest BCUT2D eigenvalue weighted by Crippen LogP contribution is -2.15. The zero-order chi connectivity index (χ0) is 19.8. The van der Waals surface area contributed by atoms with Crippen LogP contribution in [0, 0.1) is 0 Å². The fraction of sp³-hybridized carbons (Fsp3) is 0.143. The first kappa shape index (κ1) is 19.0. The number of aromatic nitrogens is 2. The van der Waals surface area contributed by atoms with Crippen molar-refractivity contribution < 1.29 is 9.59 Å². The minimum atomic E-state index is -0.353. The lowest BCUT2D eigenvalue weighted by Gasteiger charge is -2.09. The second-order valence-electron chi connectivity index (χ2n) is 6.17. The number of hydrogen-bond acceptors (Lipinski definition) is 5. The zero-order valence-corrected chi connectivity index (χ0v) is 15.5. The van der Waals surface area contributed by atoms with Crippen LogP contribution in [0.15, 0.2) is 67.0 Å². The molecule has 0 saturated carbocycles. The summed E-state index contributed by atoms with van der Waals surface area (Å²) in [6, 6.07) is 18.6. The Bertz CT molecular complexity index is 960. The average molecular weight is 375 g/mol. The summed E-state index contributed by atoms with van der Waals surface area (Å²) in [5.74, 6) is 0.0575. The van der Waals surface area contributed by atoms with Crippen molar-refractivity contribution in [3.63, 3.8) is 0 Å². The molecule has 0 atom stereocenters. The molecular formula is C21H21N5O2. The van der Waals surface area contributed by atoms with E-state index in [1.807, 2.05) is 18.2 Å². The third kappa shape index (κ3) is 5.63. The zero-order valence-electron chi connectivity index (χ0n) is 15.5. The van der Waals surface area contributed by atoms with E-state index in [-0.39, 0.29) is 17.5 Å². The first-order valence-corrected chi connectivity index (χ1v) is 8.89. The minimum Gasteiger partial charge on any atom is -0.370 e. The van der Waals surface area contributed by atoms with Crippen LogP contribution in [-0.4, -0.2) is 28.3 Å². The Morgan fingerprint density at radius 3 is 2.39 bits per heavy atom. The first-order valence-electron chi connectivity index (χ1n) is 8.89. The molecule has 1 aromatic heterocycles. The molecule has 7 heteroatoms. The van der Waals surface area contributed by atoms with Crippen LogP contribution >= 0.6 is 0 Å². The van der Waals surface area contributed by atoms with Gasteiger partial charge in [0.2, 0.25) is 5.91 Å². The molecule has 0 radical (unpaired) electrons. The molecular weight excluding hydrogens is 354 g/mol. The second-order valence-corrected chi connectivity index (χ2v) is 6.17. The number of nitrogens with zero attached hydrogens (tertiary/aromatic N) is 2. The van der Waals surface area contributed by atoms with E-state index in [4.69, 9.17) is 0 Å². The Hall–Kier alpha value is -3.74. The van der Waals surface area contributed by atoms with Crippen LogP contribution in [0.2, 0.25) is 0 Å². The van der Waals surface area contributed by atoms with Crippen molar-refractivity contribution in [3.05, 3.63) is 78.2 Å². The fourth-order valence-electron chi connectivity index (χ4n) is 2.63. The molecule has 2 aromatic carbocycles. The Morgan fingerprint density at radius 2 is 1.64 bits per heavy atom. The number of anilines is 3. The molecule has 0 spiro atoms. The predicted octanol–water partition coefficient (Wildman–Crippen LogP) is 3.34. The second kappa shape index (κ2) is 9.27. The van der Waals surface area contributed by atoms with Crippen molar-refractivity contribution in [2.24, 2.45) is 0 Å². The molecule has 2 amide bonds. The van der Waals surface area contributed by atoms with E-state index in [2.05, 4.69) is 38.1 Å². The molecule has 142 valence electrons. The van der Waals surface area contributed by atoms with Gasteiger partial charge in [0.05, 0.1) is 0 Å². The fourth-order valence-corrected chi connectivity index (χ4v) is 2.63. The van der Waals surface area contributed by atoms with Gasteiger partial charge in [-0.1, -0.05) is 36.4 Å². The summed E-state index contributed by atoms with van der Waals surface area (Å²) >= 11 is 0. The number of rotatable bonds is 7. The lowest BCUT2D eigenvalue weighted by molar-refractivity contribution is -0.114. The maximum atomic E-state index is 12.5. The van der Waals surface area contributed by atoms with Gasteiger partial charge in [0.25, 0.3) is 5.91 Å². The quantitative estimate of drug-likeness (QED) is 0.589. The van der Waals surface area contributed by atoms with Gasteiger partial charge in [-0.15, -0.1) is 0 Å². The minimum absolute atomic E-state index is 0.175. The summed E-state index contributed by atoms with van der Waals surface area (Å²) < 4.78 is 0. The van der Waals surface area contributed by atoms with E-state index in [0.29, 0.717) is 23.7 Å². The highest BCUT2D eigenvalue weighted by Gasteiger charge is 2.10. The van der Waals surface area contributed by atoms with E-state index in [9.17, 15) is 9.59 Å². The van der Waals surface area contributed by atoms with Gasteiger partial charge in [-0.3, -0.25) is 9.59 Å². The number of carbonyl (C=O) groups is 2. The third-order valence-corrected chi connectivity index (χ3v) is 3.90. The molecule has 0 fully saturated rings. The van der Waals surface area contributed by atoms with Gasteiger partial charge in [-0.05, 0) is 30.2 Å². The van der Waals surface area contributed by atoms with Crippen molar-refractivity contribution in [3.8, 4) is 0 Å². The Morgan fingerprint density at radius 1 is 0.893 bits per heavy atom. The van der Waals surface area contributed by atoms with Gasteiger partial charge in [-0.25, -0.2) is 9.97 Å². The summed E-state index contributed by atoms with van der Waals surface area (Å²) in [7, 11) is 0. The van der Waals surface area contributed by atoms with Gasteiger partial charge in [0.1, 0.15) is 17.8 Å². The van der Waals surface area contributed by atoms with Gasteiger partial charge in [0.15, 0.2) is 0 Å². The van der Waals surface area contributed by atoms with Crippen molar-refractivity contribution in [1.82, 2.24) is 9.97 Å².